The Kier molecular flexibility index (Phi) is 15.9. The van der Waals surface area contributed by atoms with Crippen LogP contribution in [0, 0.1) is 6.92 Å². The topological polar surface area (TPSA) is 38.7 Å². The Bertz CT molecular complexity index is 270. The second kappa shape index (κ2) is 16.4. The van der Waals surface area contributed by atoms with E-state index in [4.69, 9.17) is 0 Å². The van der Waals surface area contributed by atoms with Crippen LogP contribution in [0.4, 0.5) is 0 Å². The van der Waals surface area contributed by atoms with Gasteiger partial charge in [-0.15, -0.1) is 0 Å². The Morgan fingerprint density at radius 2 is 1.25 bits per heavy atom. The molecule has 0 bridgehead atoms. The largest absolute Gasteiger partial charge is 0.225 e. The van der Waals surface area contributed by atoms with Crippen molar-refractivity contribution < 1.29 is 0 Å². The molecule has 0 aliphatic heterocycles. The molecule has 116 valence electrons. The van der Waals surface area contributed by atoms with Gasteiger partial charge in [-0.3, -0.25) is 0 Å². The van der Waals surface area contributed by atoms with Gasteiger partial charge in [-0.05, 0) is 19.1 Å². The molecule has 20 heavy (non-hydrogen) atoms. The van der Waals surface area contributed by atoms with Crippen LogP contribution in [-0.2, 0) is 0 Å². The SMILES string of the molecule is CCCCCCCCCCCCS.Cc1ncncn1. The quantitative estimate of drug-likeness (QED) is 0.487. The lowest BCUT2D eigenvalue weighted by Crippen LogP contribution is -1.84. The number of aryl methyl sites for hydroxylation is 1. The van der Waals surface area contributed by atoms with Gasteiger partial charge in [-0.2, -0.15) is 12.6 Å². The van der Waals surface area contributed by atoms with Crippen molar-refractivity contribution in [3.05, 3.63) is 18.5 Å². The Morgan fingerprint density at radius 1 is 0.800 bits per heavy atom. The van der Waals surface area contributed by atoms with Crippen molar-refractivity contribution in [2.45, 2.75) is 78.1 Å². The first-order valence-electron chi connectivity index (χ1n) is 8.00. The maximum absolute atomic E-state index is 4.20. The first kappa shape index (κ1) is 19.4. The number of hydrogen-bond donors (Lipinski definition) is 1. The normalized spacial score (nSPS) is 9.95. The van der Waals surface area contributed by atoms with E-state index in [0.717, 1.165) is 11.6 Å². The number of unbranched alkanes of at least 4 members (excludes halogenated alkanes) is 9. The van der Waals surface area contributed by atoms with E-state index in [0.29, 0.717) is 0 Å². The maximum Gasteiger partial charge on any atom is 0.128 e. The molecule has 0 amide bonds. The Morgan fingerprint density at radius 3 is 1.60 bits per heavy atom. The summed E-state index contributed by atoms with van der Waals surface area (Å²) in [6.07, 6.45) is 17.1. The standard InChI is InChI=1S/C12H26S.C4H5N3/c1-2-3-4-5-6-7-8-9-10-11-12-13;1-4-6-2-5-3-7-4/h13H,2-12H2,1H3;2-3H,1H3. The molecule has 1 aromatic heterocycles. The van der Waals surface area contributed by atoms with Gasteiger partial charge in [-0.1, -0.05) is 64.7 Å². The molecule has 0 unspecified atom stereocenters. The van der Waals surface area contributed by atoms with Crippen LogP contribution >= 0.6 is 12.6 Å². The van der Waals surface area contributed by atoms with E-state index in [1.54, 1.807) is 0 Å². The fraction of sp³-hybridized carbons (Fsp3) is 0.812. The summed E-state index contributed by atoms with van der Waals surface area (Å²) in [5.74, 6) is 1.83. The van der Waals surface area contributed by atoms with Gasteiger partial charge in [0, 0.05) is 0 Å². The van der Waals surface area contributed by atoms with Crippen LogP contribution in [0.1, 0.15) is 77.0 Å². The lowest BCUT2D eigenvalue weighted by molar-refractivity contribution is 0.563. The summed E-state index contributed by atoms with van der Waals surface area (Å²) in [4.78, 5) is 11.1. The monoisotopic (exact) mass is 297 g/mol. The summed E-state index contributed by atoms with van der Waals surface area (Å²) in [5.41, 5.74) is 0. The highest BCUT2D eigenvalue weighted by Crippen LogP contribution is 2.10. The number of nitrogens with zero attached hydrogens (tertiary/aromatic N) is 3. The third-order valence-corrected chi connectivity index (χ3v) is 3.45. The van der Waals surface area contributed by atoms with Crippen molar-refractivity contribution >= 4 is 12.6 Å². The predicted octanol–water partition coefficient (Wildman–Crippen LogP) is 5.02. The van der Waals surface area contributed by atoms with Gasteiger partial charge < -0.3 is 0 Å². The average Bonchev–Trinajstić information content (AvgIpc) is 2.47. The second-order valence-corrected chi connectivity index (χ2v) is 5.54. The molecule has 0 aliphatic rings. The molecule has 1 aromatic rings. The molecule has 4 heteroatoms. The van der Waals surface area contributed by atoms with Crippen molar-refractivity contribution in [3.63, 3.8) is 0 Å². The molecule has 1 heterocycles. The van der Waals surface area contributed by atoms with Crippen LogP contribution in [-0.4, -0.2) is 20.7 Å². The van der Waals surface area contributed by atoms with Crippen LogP contribution < -0.4 is 0 Å². The number of hydrogen-bond acceptors (Lipinski definition) is 4. The molecule has 0 atom stereocenters. The fourth-order valence-corrected chi connectivity index (χ4v) is 2.12. The summed E-state index contributed by atoms with van der Waals surface area (Å²) in [5, 5.41) is 0. The minimum absolute atomic E-state index is 0.759. The van der Waals surface area contributed by atoms with E-state index in [1.807, 2.05) is 6.92 Å². The zero-order chi connectivity index (χ0) is 14.9. The smallest absolute Gasteiger partial charge is 0.128 e. The minimum atomic E-state index is 0.759. The van der Waals surface area contributed by atoms with Crippen LogP contribution in [0.25, 0.3) is 0 Å². The van der Waals surface area contributed by atoms with E-state index in [-0.39, 0.29) is 0 Å². The summed E-state index contributed by atoms with van der Waals surface area (Å²) in [6, 6.07) is 0. The van der Waals surface area contributed by atoms with Crippen molar-refractivity contribution in [1.82, 2.24) is 15.0 Å². The van der Waals surface area contributed by atoms with Gasteiger partial charge in [0.15, 0.2) is 0 Å². The van der Waals surface area contributed by atoms with Crippen molar-refractivity contribution in [3.8, 4) is 0 Å². The van der Waals surface area contributed by atoms with Gasteiger partial charge in [0.2, 0.25) is 0 Å². The van der Waals surface area contributed by atoms with Gasteiger partial charge in [0.1, 0.15) is 18.5 Å². The first-order chi connectivity index (χ1) is 9.81. The maximum atomic E-state index is 4.20. The van der Waals surface area contributed by atoms with Crippen LogP contribution in [0.5, 0.6) is 0 Å². The molecule has 0 radical (unpaired) electrons. The molecular weight excluding hydrogens is 266 g/mol. The third kappa shape index (κ3) is 15.4. The van der Waals surface area contributed by atoms with Crippen molar-refractivity contribution in [2.75, 3.05) is 5.75 Å². The van der Waals surface area contributed by atoms with Crippen molar-refractivity contribution in [2.24, 2.45) is 0 Å². The average molecular weight is 298 g/mol. The minimum Gasteiger partial charge on any atom is -0.225 e. The van der Waals surface area contributed by atoms with Gasteiger partial charge >= 0.3 is 0 Å². The predicted molar refractivity (Wildman–Crippen MR) is 90.3 cm³/mol. The molecule has 0 aliphatic carbocycles. The molecule has 0 saturated heterocycles. The van der Waals surface area contributed by atoms with Crippen LogP contribution in [0.2, 0.25) is 0 Å². The van der Waals surface area contributed by atoms with Crippen LogP contribution in [0.15, 0.2) is 12.7 Å². The van der Waals surface area contributed by atoms with Gasteiger partial charge in [0.05, 0.1) is 0 Å². The van der Waals surface area contributed by atoms with E-state index in [2.05, 4.69) is 34.5 Å². The lowest BCUT2D eigenvalue weighted by atomic mass is 10.1. The number of rotatable bonds is 10. The lowest BCUT2D eigenvalue weighted by Gasteiger charge is -2.00. The van der Waals surface area contributed by atoms with Crippen molar-refractivity contribution in [1.29, 1.82) is 0 Å². The molecular formula is C16H31N3S. The van der Waals surface area contributed by atoms with Gasteiger partial charge in [0.25, 0.3) is 0 Å². The van der Waals surface area contributed by atoms with Crippen LogP contribution in [0.3, 0.4) is 0 Å². The molecule has 0 saturated carbocycles. The Balaban J connectivity index is 0.000000428. The zero-order valence-corrected chi connectivity index (χ0v) is 14.1. The van der Waals surface area contributed by atoms with E-state index in [1.165, 1.54) is 76.9 Å². The Hall–Kier alpha value is -0.640. The van der Waals surface area contributed by atoms with E-state index < -0.39 is 0 Å². The number of aromatic nitrogens is 3. The molecule has 1 rings (SSSR count). The summed E-state index contributed by atoms with van der Waals surface area (Å²) in [6.45, 7) is 4.10. The summed E-state index contributed by atoms with van der Waals surface area (Å²) in [7, 11) is 0. The highest BCUT2D eigenvalue weighted by Gasteiger charge is 1.91. The fourth-order valence-electron chi connectivity index (χ4n) is 1.90. The number of thiol groups is 1. The highest BCUT2D eigenvalue weighted by atomic mass is 32.1. The molecule has 0 fully saturated rings. The first-order valence-corrected chi connectivity index (χ1v) is 8.64. The van der Waals surface area contributed by atoms with E-state index >= 15 is 0 Å². The Labute approximate surface area is 130 Å². The molecule has 0 N–H and O–H groups in total. The molecule has 0 spiro atoms. The zero-order valence-electron chi connectivity index (χ0n) is 13.2. The van der Waals surface area contributed by atoms with Gasteiger partial charge in [-0.25, -0.2) is 15.0 Å². The molecule has 3 nitrogen and oxygen atoms in total. The van der Waals surface area contributed by atoms with E-state index in [9.17, 15) is 0 Å². The highest BCUT2D eigenvalue weighted by molar-refractivity contribution is 7.80. The third-order valence-electron chi connectivity index (χ3n) is 3.13. The summed E-state index contributed by atoms with van der Waals surface area (Å²) < 4.78 is 0. The summed E-state index contributed by atoms with van der Waals surface area (Å²) >= 11 is 4.20. The second-order valence-electron chi connectivity index (χ2n) is 5.09. The molecule has 0 aromatic carbocycles.